The molecule has 3 rings (SSSR count). The van der Waals surface area contributed by atoms with Crippen molar-refractivity contribution in [2.45, 2.75) is 19.1 Å². The quantitative estimate of drug-likeness (QED) is 0.925. The molecule has 1 aromatic carbocycles. The van der Waals surface area contributed by atoms with E-state index < -0.39 is 0 Å². The molecule has 0 bridgehead atoms. The summed E-state index contributed by atoms with van der Waals surface area (Å²) in [4.78, 5) is 0. The van der Waals surface area contributed by atoms with Gasteiger partial charge in [-0.1, -0.05) is 15.9 Å². The number of aliphatic hydroxyl groups excluding tert-OH is 1. The second kappa shape index (κ2) is 4.40. The van der Waals surface area contributed by atoms with Crippen LogP contribution in [-0.2, 0) is 11.3 Å². The van der Waals surface area contributed by atoms with Crippen LogP contribution in [0.25, 0.3) is 10.9 Å². The van der Waals surface area contributed by atoms with Gasteiger partial charge < -0.3 is 9.84 Å². The Bertz CT molecular complexity index is 547. The van der Waals surface area contributed by atoms with Gasteiger partial charge in [0.25, 0.3) is 0 Å². The Labute approximate surface area is 107 Å². The topological polar surface area (TPSA) is 47.3 Å². The smallest absolute Gasteiger partial charge is 0.0928 e. The molecule has 2 aromatic rings. The van der Waals surface area contributed by atoms with Crippen molar-refractivity contribution in [1.82, 2.24) is 9.78 Å². The molecule has 0 aliphatic carbocycles. The second-order valence-electron chi connectivity index (χ2n) is 4.23. The first-order valence-corrected chi connectivity index (χ1v) is 6.44. The van der Waals surface area contributed by atoms with E-state index in [1.54, 1.807) is 0 Å². The van der Waals surface area contributed by atoms with Crippen LogP contribution in [0, 0.1) is 0 Å². The number of benzene rings is 1. The van der Waals surface area contributed by atoms with E-state index in [4.69, 9.17) is 4.74 Å². The molecule has 90 valence electrons. The molecular weight excluding hydrogens is 284 g/mol. The number of halogens is 1. The molecule has 2 heterocycles. The maximum atomic E-state index is 9.54. The highest BCUT2D eigenvalue weighted by Gasteiger charge is 2.22. The number of nitrogens with zero attached hydrogens (tertiary/aromatic N) is 2. The van der Waals surface area contributed by atoms with Gasteiger partial charge in [-0.15, -0.1) is 0 Å². The second-order valence-corrected chi connectivity index (χ2v) is 5.14. The number of ether oxygens (including phenoxy) is 1. The fraction of sp³-hybridized carbons (Fsp3) is 0.417. The zero-order chi connectivity index (χ0) is 11.8. The van der Waals surface area contributed by atoms with Gasteiger partial charge in [-0.05, 0) is 24.6 Å². The fourth-order valence-corrected chi connectivity index (χ4v) is 2.66. The summed E-state index contributed by atoms with van der Waals surface area (Å²) >= 11 is 3.45. The Morgan fingerprint density at radius 3 is 3.12 bits per heavy atom. The summed E-state index contributed by atoms with van der Waals surface area (Å²) in [5.74, 6) is 0. The Morgan fingerprint density at radius 1 is 1.53 bits per heavy atom. The van der Waals surface area contributed by atoms with E-state index in [1.165, 1.54) is 0 Å². The van der Waals surface area contributed by atoms with Gasteiger partial charge in [0.1, 0.15) is 0 Å². The lowest BCUT2D eigenvalue weighted by molar-refractivity contribution is 0.182. The van der Waals surface area contributed by atoms with E-state index >= 15 is 0 Å². The number of aromatic nitrogens is 2. The first-order chi connectivity index (χ1) is 8.29. The first kappa shape index (κ1) is 11.2. The Hall–Kier alpha value is -0.910. The molecule has 1 unspecified atom stereocenters. The van der Waals surface area contributed by atoms with E-state index in [9.17, 15) is 5.11 Å². The third-order valence-electron chi connectivity index (χ3n) is 3.16. The van der Waals surface area contributed by atoms with Gasteiger partial charge in [-0.2, -0.15) is 5.10 Å². The van der Waals surface area contributed by atoms with Crippen molar-refractivity contribution in [3.8, 4) is 0 Å². The van der Waals surface area contributed by atoms with Crippen molar-refractivity contribution < 1.29 is 9.84 Å². The van der Waals surface area contributed by atoms with Gasteiger partial charge >= 0.3 is 0 Å². The molecule has 1 fully saturated rings. The Morgan fingerprint density at radius 2 is 2.41 bits per heavy atom. The molecule has 0 radical (unpaired) electrons. The van der Waals surface area contributed by atoms with Gasteiger partial charge in [-0.3, -0.25) is 4.68 Å². The minimum atomic E-state index is 0.00343. The standard InChI is InChI=1S/C12H13BrN2O2/c13-8-1-2-11-10(5-8)12(6-16)15(14-11)9-3-4-17-7-9/h1-2,5,9,16H,3-4,6-7H2. The van der Waals surface area contributed by atoms with Gasteiger partial charge in [0.05, 0.1) is 30.5 Å². The molecule has 1 N–H and O–H groups in total. The monoisotopic (exact) mass is 296 g/mol. The predicted molar refractivity (Wildman–Crippen MR) is 67.8 cm³/mol. The molecule has 1 saturated heterocycles. The molecule has 0 spiro atoms. The fourth-order valence-electron chi connectivity index (χ4n) is 2.30. The van der Waals surface area contributed by atoms with E-state index in [2.05, 4.69) is 21.0 Å². The molecular formula is C12H13BrN2O2. The van der Waals surface area contributed by atoms with Crippen LogP contribution in [0.3, 0.4) is 0 Å². The Balaban J connectivity index is 2.17. The number of hydrogen-bond acceptors (Lipinski definition) is 3. The van der Waals surface area contributed by atoms with Gasteiger partial charge in [0, 0.05) is 16.5 Å². The molecule has 0 amide bonds. The van der Waals surface area contributed by atoms with E-state index in [0.717, 1.165) is 34.1 Å². The van der Waals surface area contributed by atoms with E-state index in [0.29, 0.717) is 6.61 Å². The molecule has 0 saturated carbocycles. The van der Waals surface area contributed by atoms with Crippen LogP contribution in [0.2, 0.25) is 0 Å². The molecule has 1 atom stereocenters. The third kappa shape index (κ3) is 1.88. The summed E-state index contributed by atoms with van der Waals surface area (Å²) in [5.41, 5.74) is 1.79. The lowest BCUT2D eigenvalue weighted by Gasteiger charge is -2.11. The maximum absolute atomic E-state index is 9.54. The maximum Gasteiger partial charge on any atom is 0.0928 e. The van der Waals surface area contributed by atoms with Crippen LogP contribution in [0.15, 0.2) is 22.7 Å². The molecule has 1 aliphatic rings. The molecule has 1 aliphatic heterocycles. The first-order valence-electron chi connectivity index (χ1n) is 5.65. The number of rotatable bonds is 2. The van der Waals surface area contributed by atoms with Crippen LogP contribution in [-0.4, -0.2) is 28.1 Å². The zero-order valence-corrected chi connectivity index (χ0v) is 10.9. The number of hydrogen-bond donors (Lipinski definition) is 1. The van der Waals surface area contributed by atoms with Crippen molar-refractivity contribution >= 4 is 26.8 Å². The van der Waals surface area contributed by atoms with Crippen molar-refractivity contribution in [2.75, 3.05) is 13.2 Å². The summed E-state index contributed by atoms with van der Waals surface area (Å²) in [6.45, 7) is 1.46. The minimum absolute atomic E-state index is 0.00343. The van der Waals surface area contributed by atoms with Crippen LogP contribution in [0.4, 0.5) is 0 Å². The van der Waals surface area contributed by atoms with Gasteiger partial charge in [0.2, 0.25) is 0 Å². The lowest BCUT2D eigenvalue weighted by atomic mass is 10.2. The van der Waals surface area contributed by atoms with Crippen LogP contribution < -0.4 is 0 Å². The average Bonchev–Trinajstić information content (AvgIpc) is 2.94. The average molecular weight is 297 g/mol. The highest BCUT2D eigenvalue weighted by Crippen LogP contribution is 2.28. The van der Waals surface area contributed by atoms with Crippen LogP contribution in [0.5, 0.6) is 0 Å². The largest absolute Gasteiger partial charge is 0.390 e. The Kier molecular flexibility index (Phi) is 2.90. The van der Waals surface area contributed by atoms with E-state index in [-0.39, 0.29) is 12.6 Å². The number of aliphatic hydroxyl groups is 1. The number of fused-ring (bicyclic) bond motifs is 1. The lowest BCUT2D eigenvalue weighted by Crippen LogP contribution is -2.13. The molecule has 5 heteroatoms. The molecule has 17 heavy (non-hydrogen) atoms. The highest BCUT2D eigenvalue weighted by molar-refractivity contribution is 9.10. The summed E-state index contributed by atoms with van der Waals surface area (Å²) < 4.78 is 8.30. The third-order valence-corrected chi connectivity index (χ3v) is 3.66. The SMILES string of the molecule is OCc1c2cc(Br)ccc2nn1C1CCOC1. The van der Waals surface area contributed by atoms with Gasteiger partial charge in [0.15, 0.2) is 0 Å². The summed E-state index contributed by atoms with van der Waals surface area (Å²) in [6, 6.07) is 6.18. The van der Waals surface area contributed by atoms with Crippen LogP contribution >= 0.6 is 15.9 Å². The zero-order valence-electron chi connectivity index (χ0n) is 9.27. The summed E-state index contributed by atoms with van der Waals surface area (Å²) in [7, 11) is 0. The van der Waals surface area contributed by atoms with Gasteiger partial charge in [-0.25, -0.2) is 0 Å². The summed E-state index contributed by atoms with van der Waals surface area (Å²) in [5, 5.41) is 15.1. The molecule has 4 nitrogen and oxygen atoms in total. The van der Waals surface area contributed by atoms with E-state index in [1.807, 2.05) is 22.9 Å². The normalized spacial score (nSPS) is 20.2. The van der Waals surface area contributed by atoms with Crippen molar-refractivity contribution in [1.29, 1.82) is 0 Å². The molecule has 1 aromatic heterocycles. The summed E-state index contributed by atoms with van der Waals surface area (Å²) in [6.07, 6.45) is 0.960. The predicted octanol–water partition coefficient (Wildman–Crippen LogP) is 2.25. The van der Waals surface area contributed by atoms with Crippen molar-refractivity contribution in [3.05, 3.63) is 28.4 Å². The minimum Gasteiger partial charge on any atom is -0.390 e. The van der Waals surface area contributed by atoms with Crippen molar-refractivity contribution in [2.24, 2.45) is 0 Å². The highest BCUT2D eigenvalue weighted by atomic mass is 79.9. The van der Waals surface area contributed by atoms with Crippen molar-refractivity contribution in [3.63, 3.8) is 0 Å². The van der Waals surface area contributed by atoms with Crippen LogP contribution in [0.1, 0.15) is 18.2 Å².